The number of amides is 2. The van der Waals surface area contributed by atoms with Gasteiger partial charge < -0.3 is 10.2 Å². The van der Waals surface area contributed by atoms with Crippen LogP contribution in [0.2, 0.25) is 0 Å². The van der Waals surface area contributed by atoms with Gasteiger partial charge in [-0.1, -0.05) is 42.5 Å². The summed E-state index contributed by atoms with van der Waals surface area (Å²) in [6, 6.07) is 15.3. The van der Waals surface area contributed by atoms with E-state index in [0.717, 1.165) is 28.2 Å². The second-order valence-corrected chi connectivity index (χ2v) is 9.17. The number of rotatable bonds is 7. The summed E-state index contributed by atoms with van der Waals surface area (Å²) in [5.41, 5.74) is 2.24. The molecule has 0 bridgehead atoms. The van der Waals surface area contributed by atoms with Gasteiger partial charge >= 0.3 is 0 Å². The van der Waals surface area contributed by atoms with Crippen LogP contribution in [0.4, 0.5) is 5.69 Å². The molecule has 2 aromatic rings. The molecule has 1 atom stereocenters. The zero-order chi connectivity index (χ0) is 21.0. The summed E-state index contributed by atoms with van der Waals surface area (Å²) in [5, 5.41) is 2.83. The van der Waals surface area contributed by atoms with Crippen molar-refractivity contribution in [3.05, 3.63) is 65.7 Å². The average Bonchev–Trinajstić information content (AvgIpc) is 3.13. The highest BCUT2D eigenvalue weighted by Crippen LogP contribution is 2.24. The number of benzene rings is 2. The molecule has 1 heterocycles. The highest BCUT2D eigenvalue weighted by atomic mass is 32.2. The van der Waals surface area contributed by atoms with E-state index in [1.165, 1.54) is 7.05 Å². The lowest BCUT2D eigenvalue weighted by molar-refractivity contribution is -0.125. The highest BCUT2D eigenvalue weighted by molar-refractivity contribution is 7.88. The quantitative estimate of drug-likeness (QED) is 0.750. The Kier molecular flexibility index (Phi) is 6.34. The molecule has 2 amide bonds. The fraction of sp³-hybridized carbons (Fsp3) is 0.333. The Morgan fingerprint density at radius 3 is 2.52 bits per heavy atom. The molecule has 8 heteroatoms. The summed E-state index contributed by atoms with van der Waals surface area (Å²) >= 11 is 0. The number of hydrogen-bond donors (Lipinski definition) is 1. The van der Waals surface area contributed by atoms with E-state index >= 15 is 0 Å². The fourth-order valence-corrected chi connectivity index (χ4v) is 3.99. The number of nitrogens with one attached hydrogen (secondary N) is 1. The van der Waals surface area contributed by atoms with Crippen LogP contribution in [-0.2, 0) is 26.2 Å². The Morgan fingerprint density at radius 1 is 1.17 bits per heavy atom. The molecule has 1 N–H and O–H groups in total. The van der Waals surface area contributed by atoms with E-state index in [1.807, 2.05) is 30.3 Å². The Morgan fingerprint density at radius 2 is 1.90 bits per heavy atom. The summed E-state index contributed by atoms with van der Waals surface area (Å²) in [6.45, 7) is 0.930. The van der Waals surface area contributed by atoms with Gasteiger partial charge in [0.25, 0.3) is 0 Å². The van der Waals surface area contributed by atoms with Crippen molar-refractivity contribution in [1.82, 2.24) is 9.62 Å². The smallest absolute Gasteiger partial charge is 0.243 e. The second-order valence-electron chi connectivity index (χ2n) is 7.13. The van der Waals surface area contributed by atoms with Gasteiger partial charge in [0, 0.05) is 32.2 Å². The minimum Gasteiger partial charge on any atom is -0.350 e. The Balaban J connectivity index is 1.76. The van der Waals surface area contributed by atoms with Gasteiger partial charge in [-0.2, -0.15) is 4.31 Å². The van der Waals surface area contributed by atoms with Crippen LogP contribution < -0.4 is 10.2 Å². The van der Waals surface area contributed by atoms with Gasteiger partial charge in [-0.25, -0.2) is 8.42 Å². The largest absolute Gasteiger partial charge is 0.350 e. The SMILES string of the molecule is CN(C(C(=O)NCc1cccc(N2CCCC2=O)c1)c1ccccc1)S(C)(=O)=O. The first-order valence-corrected chi connectivity index (χ1v) is 11.3. The first-order chi connectivity index (χ1) is 13.8. The van der Waals surface area contributed by atoms with Crippen LogP contribution in [0.15, 0.2) is 54.6 Å². The summed E-state index contributed by atoms with van der Waals surface area (Å²) in [6.07, 6.45) is 2.47. The lowest BCUT2D eigenvalue weighted by Crippen LogP contribution is -2.41. The zero-order valence-corrected chi connectivity index (χ0v) is 17.4. The Hall–Kier alpha value is -2.71. The number of sulfonamides is 1. The maximum absolute atomic E-state index is 12.9. The fourth-order valence-electron chi connectivity index (χ4n) is 3.39. The van der Waals surface area contributed by atoms with E-state index in [-0.39, 0.29) is 12.5 Å². The van der Waals surface area contributed by atoms with Crippen LogP contribution in [0.25, 0.3) is 0 Å². The lowest BCUT2D eigenvalue weighted by atomic mass is 10.1. The average molecular weight is 416 g/mol. The summed E-state index contributed by atoms with van der Waals surface area (Å²) in [5.74, 6) is -0.308. The van der Waals surface area contributed by atoms with E-state index < -0.39 is 22.0 Å². The normalized spacial score (nSPS) is 15.6. The van der Waals surface area contributed by atoms with Crippen LogP contribution >= 0.6 is 0 Å². The molecule has 3 rings (SSSR count). The van der Waals surface area contributed by atoms with Gasteiger partial charge in [0.1, 0.15) is 6.04 Å². The maximum atomic E-state index is 12.9. The first kappa shape index (κ1) is 21.0. The van der Waals surface area contributed by atoms with Crippen molar-refractivity contribution in [3.63, 3.8) is 0 Å². The number of carbonyl (C=O) groups excluding carboxylic acids is 2. The van der Waals surface area contributed by atoms with E-state index in [9.17, 15) is 18.0 Å². The molecule has 1 aliphatic heterocycles. The second kappa shape index (κ2) is 8.75. The van der Waals surface area contributed by atoms with Crippen molar-refractivity contribution in [2.75, 3.05) is 24.7 Å². The van der Waals surface area contributed by atoms with Gasteiger partial charge in [-0.05, 0) is 29.7 Å². The molecule has 1 fully saturated rings. The standard InChI is InChI=1S/C21H25N3O4S/c1-23(29(2,27)28)20(17-9-4-3-5-10-17)21(26)22-15-16-8-6-11-18(14-16)24-13-7-12-19(24)25/h3-6,8-11,14,20H,7,12-13,15H2,1-2H3,(H,22,26). The number of hydrogen-bond acceptors (Lipinski definition) is 4. The zero-order valence-electron chi connectivity index (χ0n) is 16.5. The molecular weight excluding hydrogens is 390 g/mol. The molecule has 7 nitrogen and oxygen atoms in total. The molecule has 1 unspecified atom stereocenters. The van der Waals surface area contributed by atoms with Gasteiger partial charge in [0.15, 0.2) is 0 Å². The van der Waals surface area contributed by atoms with Crippen molar-refractivity contribution in [2.24, 2.45) is 0 Å². The van der Waals surface area contributed by atoms with Crippen LogP contribution in [-0.4, -0.2) is 44.4 Å². The predicted octanol–water partition coefficient (Wildman–Crippen LogP) is 2.06. The van der Waals surface area contributed by atoms with Gasteiger partial charge in [-0.3, -0.25) is 9.59 Å². The van der Waals surface area contributed by atoms with E-state index in [1.54, 1.807) is 29.2 Å². The number of nitrogens with zero attached hydrogens (tertiary/aromatic N) is 2. The van der Waals surface area contributed by atoms with Crippen molar-refractivity contribution < 1.29 is 18.0 Å². The number of carbonyl (C=O) groups is 2. The van der Waals surface area contributed by atoms with Crippen LogP contribution in [0.1, 0.15) is 30.0 Å². The third-order valence-electron chi connectivity index (χ3n) is 5.01. The van der Waals surface area contributed by atoms with E-state index in [0.29, 0.717) is 18.5 Å². The Labute approximate surface area is 171 Å². The van der Waals surface area contributed by atoms with E-state index in [2.05, 4.69) is 5.32 Å². The van der Waals surface area contributed by atoms with Gasteiger partial charge in [-0.15, -0.1) is 0 Å². The van der Waals surface area contributed by atoms with Crippen LogP contribution in [0.5, 0.6) is 0 Å². The van der Waals surface area contributed by atoms with Gasteiger partial charge in [0.05, 0.1) is 6.26 Å². The molecule has 1 saturated heterocycles. The van der Waals surface area contributed by atoms with Crippen molar-refractivity contribution in [1.29, 1.82) is 0 Å². The molecule has 0 aromatic heterocycles. The third kappa shape index (κ3) is 5.02. The first-order valence-electron chi connectivity index (χ1n) is 9.42. The van der Waals surface area contributed by atoms with Gasteiger partial charge in [0.2, 0.25) is 21.8 Å². The van der Waals surface area contributed by atoms with Crippen molar-refractivity contribution in [3.8, 4) is 0 Å². The summed E-state index contributed by atoms with van der Waals surface area (Å²) in [4.78, 5) is 26.6. The summed E-state index contributed by atoms with van der Waals surface area (Å²) in [7, 11) is -2.18. The summed E-state index contributed by atoms with van der Waals surface area (Å²) < 4.78 is 25.2. The molecule has 1 aliphatic rings. The number of anilines is 1. The lowest BCUT2D eigenvalue weighted by Gasteiger charge is -2.25. The third-order valence-corrected chi connectivity index (χ3v) is 6.27. The monoisotopic (exact) mass is 415 g/mol. The van der Waals surface area contributed by atoms with Crippen LogP contribution in [0, 0.1) is 0 Å². The molecule has 29 heavy (non-hydrogen) atoms. The minimum absolute atomic E-state index is 0.102. The molecule has 154 valence electrons. The van der Waals surface area contributed by atoms with Crippen molar-refractivity contribution in [2.45, 2.75) is 25.4 Å². The topological polar surface area (TPSA) is 86.8 Å². The molecular formula is C21H25N3O4S. The van der Waals surface area contributed by atoms with Crippen molar-refractivity contribution >= 4 is 27.5 Å². The Bertz CT molecular complexity index is 992. The molecule has 0 radical (unpaired) electrons. The maximum Gasteiger partial charge on any atom is 0.243 e. The highest BCUT2D eigenvalue weighted by Gasteiger charge is 2.30. The predicted molar refractivity (Wildman–Crippen MR) is 112 cm³/mol. The van der Waals surface area contributed by atoms with E-state index in [4.69, 9.17) is 0 Å². The molecule has 0 saturated carbocycles. The molecule has 0 spiro atoms. The molecule has 0 aliphatic carbocycles. The van der Waals surface area contributed by atoms with Crippen LogP contribution in [0.3, 0.4) is 0 Å². The number of likely N-dealkylation sites (N-methyl/N-ethyl adjacent to an activating group) is 1. The minimum atomic E-state index is -3.57. The molecule has 2 aromatic carbocycles.